The Balaban J connectivity index is 2.36. The Kier molecular flexibility index (Phi) is 3.84. The molecule has 0 spiro atoms. The van der Waals surface area contributed by atoms with Crippen LogP contribution in [-0.4, -0.2) is 18.2 Å². The van der Waals surface area contributed by atoms with Gasteiger partial charge < -0.3 is 15.2 Å². The van der Waals surface area contributed by atoms with Gasteiger partial charge in [-0.05, 0) is 24.3 Å². The minimum atomic E-state index is -1.39. The lowest BCUT2D eigenvalue weighted by atomic mass is 10.1. The number of nitrogens with one attached hydrogen (secondary N) is 1. The van der Waals surface area contributed by atoms with Crippen molar-refractivity contribution in [1.82, 2.24) is 0 Å². The maximum atomic E-state index is 13.7. The van der Waals surface area contributed by atoms with Gasteiger partial charge in [-0.2, -0.15) is 0 Å². The van der Waals surface area contributed by atoms with E-state index >= 15 is 0 Å². The predicted octanol–water partition coefficient (Wildman–Crippen LogP) is 3.42. The van der Waals surface area contributed by atoms with Gasteiger partial charge in [0.1, 0.15) is 11.4 Å². The number of carbonyl (C=O) groups is 1. The lowest BCUT2D eigenvalue weighted by Gasteiger charge is -2.10. The third-order valence-corrected chi connectivity index (χ3v) is 2.63. The molecule has 0 radical (unpaired) electrons. The molecular weight excluding hydrogens is 268 g/mol. The number of halogens is 2. The van der Waals surface area contributed by atoms with Gasteiger partial charge in [0.15, 0.2) is 11.6 Å². The van der Waals surface area contributed by atoms with Crippen LogP contribution in [0, 0.1) is 11.6 Å². The van der Waals surface area contributed by atoms with Gasteiger partial charge in [0, 0.05) is 11.8 Å². The Morgan fingerprint density at radius 1 is 1.20 bits per heavy atom. The zero-order valence-corrected chi connectivity index (χ0v) is 10.5. The summed E-state index contributed by atoms with van der Waals surface area (Å²) in [6, 6.07) is 8.02. The largest absolute Gasteiger partial charge is 0.497 e. The molecule has 6 heteroatoms. The van der Waals surface area contributed by atoms with Crippen LogP contribution in [0.5, 0.6) is 5.75 Å². The van der Waals surface area contributed by atoms with Gasteiger partial charge in [0.25, 0.3) is 0 Å². The molecule has 104 valence electrons. The quantitative estimate of drug-likeness (QED) is 0.900. The Hall–Kier alpha value is -2.63. The maximum Gasteiger partial charge on any atom is 0.335 e. The van der Waals surface area contributed by atoms with E-state index in [4.69, 9.17) is 9.84 Å². The molecule has 2 N–H and O–H groups in total. The van der Waals surface area contributed by atoms with E-state index in [0.29, 0.717) is 11.4 Å². The fourth-order valence-corrected chi connectivity index (χ4v) is 1.66. The number of hydrogen-bond acceptors (Lipinski definition) is 3. The third kappa shape index (κ3) is 2.85. The van der Waals surface area contributed by atoms with Crippen LogP contribution in [0.3, 0.4) is 0 Å². The average Bonchev–Trinajstić information content (AvgIpc) is 2.42. The molecule has 2 aromatic rings. The first-order chi connectivity index (χ1) is 9.51. The summed E-state index contributed by atoms with van der Waals surface area (Å²) >= 11 is 0. The lowest BCUT2D eigenvalue weighted by molar-refractivity contribution is 0.0696. The molecule has 4 nitrogen and oxygen atoms in total. The van der Waals surface area contributed by atoms with Crippen molar-refractivity contribution in [3.8, 4) is 5.75 Å². The maximum absolute atomic E-state index is 13.7. The van der Waals surface area contributed by atoms with Gasteiger partial charge >= 0.3 is 5.97 Å². The number of carboxylic acids is 1. The predicted molar refractivity (Wildman–Crippen MR) is 69.6 cm³/mol. The molecule has 0 aromatic heterocycles. The number of anilines is 2. The Bertz CT molecular complexity index is 636. The standard InChI is InChI=1S/C14H11F2NO3/c1-20-10-4-2-3-9(7-10)17-13-11(15)5-8(14(18)19)6-12(13)16/h2-7,17H,1H3,(H,18,19). The highest BCUT2D eigenvalue weighted by atomic mass is 19.1. The summed E-state index contributed by atoms with van der Waals surface area (Å²) in [7, 11) is 1.47. The zero-order valence-electron chi connectivity index (χ0n) is 10.5. The second kappa shape index (κ2) is 5.56. The summed E-state index contributed by atoms with van der Waals surface area (Å²) in [6.45, 7) is 0. The summed E-state index contributed by atoms with van der Waals surface area (Å²) in [6.07, 6.45) is 0. The molecule has 0 atom stereocenters. The van der Waals surface area contributed by atoms with Crippen molar-refractivity contribution < 1.29 is 23.4 Å². The van der Waals surface area contributed by atoms with Crippen LogP contribution in [0.2, 0.25) is 0 Å². The molecule has 0 fully saturated rings. The van der Waals surface area contributed by atoms with Gasteiger partial charge in [-0.15, -0.1) is 0 Å². The van der Waals surface area contributed by atoms with E-state index in [9.17, 15) is 13.6 Å². The average molecular weight is 279 g/mol. The summed E-state index contributed by atoms with van der Waals surface area (Å²) < 4.78 is 32.5. The van der Waals surface area contributed by atoms with Crippen LogP contribution in [0.25, 0.3) is 0 Å². The fraction of sp³-hybridized carbons (Fsp3) is 0.0714. The van der Waals surface area contributed by atoms with E-state index in [1.54, 1.807) is 24.3 Å². The van der Waals surface area contributed by atoms with Gasteiger partial charge in [0.05, 0.1) is 12.7 Å². The fourth-order valence-electron chi connectivity index (χ4n) is 1.66. The van der Waals surface area contributed by atoms with Crippen molar-refractivity contribution >= 4 is 17.3 Å². The van der Waals surface area contributed by atoms with Crippen molar-refractivity contribution in [3.63, 3.8) is 0 Å². The van der Waals surface area contributed by atoms with Crippen molar-refractivity contribution in [2.24, 2.45) is 0 Å². The van der Waals surface area contributed by atoms with E-state index in [-0.39, 0.29) is 0 Å². The SMILES string of the molecule is COc1cccc(Nc2c(F)cc(C(=O)O)cc2F)c1. The molecule has 0 saturated heterocycles. The van der Waals surface area contributed by atoms with Crippen molar-refractivity contribution in [2.75, 3.05) is 12.4 Å². The van der Waals surface area contributed by atoms with Crippen molar-refractivity contribution in [1.29, 1.82) is 0 Å². The monoisotopic (exact) mass is 279 g/mol. The normalized spacial score (nSPS) is 10.2. The highest BCUT2D eigenvalue weighted by Gasteiger charge is 2.15. The number of hydrogen-bond donors (Lipinski definition) is 2. The second-order valence-corrected chi connectivity index (χ2v) is 3.98. The van der Waals surface area contributed by atoms with Gasteiger partial charge in [-0.3, -0.25) is 0 Å². The minimum Gasteiger partial charge on any atom is -0.497 e. The Morgan fingerprint density at radius 2 is 1.85 bits per heavy atom. The minimum absolute atomic E-state index is 0.414. The van der Waals surface area contributed by atoms with Gasteiger partial charge in [0.2, 0.25) is 0 Å². The molecular formula is C14H11F2NO3. The van der Waals surface area contributed by atoms with Gasteiger partial charge in [-0.1, -0.05) is 6.07 Å². The molecule has 0 aliphatic rings. The zero-order chi connectivity index (χ0) is 14.7. The highest BCUT2D eigenvalue weighted by molar-refractivity contribution is 5.88. The Labute approximate surface area is 113 Å². The van der Waals surface area contributed by atoms with E-state index in [1.807, 2.05) is 0 Å². The first kappa shape index (κ1) is 13.8. The highest BCUT2D eigenvalue weighted by Crippen LogP contribution is 2.26. The summed E-state index contributed by atoms with van der Waals surface area (Å²) in [5, 5.41) is 11.3. The second-order valence-electron chi connectivity index (χ2n) is 3.98. The molecule has 0 amide bonds. The molecule has 2 aromatic carbocycles. The van der Waals surface area contributed by atoms with Crippen LogP contribution < -0.4 is 10.1 Å². The van der Waals surface area contributed by atoms with Crippen LogP contribution in [-0.2, 0) is 0 Å². The topological polar surface area (TPSA) is 58.6 Å². The molecule has 0 heterocycles. The summed E-state index contributed by atoms with van der Waals surface area (Å²) in [4.78, 5) is 10.7. The number of carboxylic acid groups (broad SMARTS) is 1. The van der Waals surface area contributed by atoms with Crippen molar-refractivity contribution in [3.05, 3.63) is 53.6 Å². The third-order valence-electron chi connectivity index (χ3n) is 2.63. The molecule has 0 aliphatic heterocycles. The van der Waals surface area contributed by atoms with Crippen molar-refractivity contribution in [2.45, 2.75) is 0 Å². The molecule has 0 unspecified atom stereocenters. The van der Waals surface area contributed by atoms with E-state index in [0.717, 1.165) is 12.1 Å². The lowest BCUT2D eigenvalue weighted by Crippen LogP contribution is -2.03. The number of aromatic carboxylic acids is 1. The first-order valence-electron chi connectivity index (χ1n) is 5.64. The van der Waals surface area contributed by atoms with Crippen LogP contribution >= 0.6 is 0 Å². The van der Waals surface area contributed by atoms with Crippen LogP contribution in [0.15, 0.2) is 36.4 Å². The molecule has 0 saturated carbocycles. The number of rotatable bonds is 4. The molecule has 0 bridgehead atoms. The van der Waals surface area contributed by atoms with E-state index in [2.05, 4.69) is 5.32 Å². The smallest absolute Gasteiger partial charge is 0.335 e. The van der Waals surface area contributed by atoms with Gasteiger partial charge in [-0.25, -0.2) is 13.6 Å². The summed E-state index contributed by atoms with van der Waals surface area (Å²) in [5.41, 5.74) is -0.440. The van der Waals surface area contributed by atoms with E-state index in [1.165, 1.54) is 7.11 Å². The van der Waals surface area contributed by atoms with Crippen LogP contribution in [0.4, 0.5) is 20.2 Å². The van der Waals surface area contributed by atoms with Crippen LogP contribution in [0.1, 0.15) is 10.4 Å². The number of benzene rings is 2. The number of methoxy groups -OCH3 is 1. The molecule has 0 aliphatic carbocycles. The number of ether oxygens (including phenoxy) is 1. The molecule has 2 rings (SSSR count). The Morgan fingerprint density at radius 3 is 2.40 bits per heavy atom. The first-order valence-corrected chi connectivity index (χ1v) is 5.64. The van der Waals surface area contributed by atoms with E-state index < -0.39 is 28.9 Å². The summed E-state index contributed by atoms with van der Waals surface area (Å²) in [5.74, 6) is -2.83. The molecule has 20 heavy (non-hydrogen) atoms.